The van der Waals surface area contributed by atoms with E-state index in [1.165, 1.54) is 24.0 Å². The highest BCUT2D eigenvalue weighted by Gasteiger charge is 2.30. The fraction of sp³-hybridized carbons (Fsp3) is 0.476. The molecule has 1 saturated heterocycles. The monoisotopic (exact) mass is 350 g/mol. The smallest absolute Gasteiger partial charge is 0.245 e. The van der Waals surface area contributed by atoms with Gasteiger partial charge in [0.15, 0.2) is 0 Å². The van der Waals surface area contributed by atoms with Crippen molar-refractivity contribution in [2.24, 2.45) is 0 Å². The van der Waals surface area contributed by atoms with Crippen molar-refractivity contribution in [3.8, 4) is 0 Å². The molecule has 1 aliphatic carbocycles. The maximum Gasteiger partial charge on any atom is 0.245 e. The van der Waals surface area contributed by atoms with Gasteiger partial charge in [0.25, 0.3) is 0 Å². The highest BCUT2D eigenvalue weighted by molar-refractivity contribution is 5.85. The SMILES string of the molecule is Cc1nc2c(c(NC3CCCN(Cc4ccccc4)C3=O)n1)CCCC2. The molecular weight excluding hydrogens is 324 g/mol. The molecular formula is C21H26N4O. The molecule has 0 radical (unpaired) electrons. The molecule has 5 heteroatoms. The lowest BCUT2D eigenvalue weighted by atomic mass is 9.95. The lowest BCUT2D eigenvalue weighted by Crippen LogP contribution is -2.47. The molecule has 5 nitrogen and oxygen atoms in total. The number of benzene rings is 1. The van der Waals surface area contributed by atoms with Crippen LogP contribution in [0.15, 0.2) is 30.3 Å². The predicted octanol–water partition coefficient (Wildman–Crippen LogP) is 3.27. The lowest BCUT2D eigenvalue weighted by molar-refractivity contribution is -0.134. The second-order valence-electron chi connectivity index (χ2n) is 7.34. The van der Waals surface area contributed by atoms with Crippen LogP contribution >= 0.6 is 0 Å². The molecule has 2 aliphatic rings. The number of piperidine rings is 1. The van der Waals surface area contributed by atoms with Gasteiger partial charge < -0.3 is 10.2 Å². The molecule has 0 spiro atoms. The average molecular weight is 350 g/mol. The number of fused-ring (bicyclic) bond motifs is 1. The molecule has 4 rings (SSSR count). The van der Waals surface area contributed by atoms with Crippen molar-refractivity contribution in [2.75, 3.05) is 11.9 Å². The Morgan fingerprint density at radius 2 is 1.92 bits per heavy atom. The maximum atomic E-state index is 13.0. The van der Waals surface area contributed by atoms with Gasteiger partial charge in [-0.1, -0.05) is 30.3 Å². The van der Waals surface area contributed by atoms with Crippen LogP contribution in [-0.4, -0.2) is 33.4 Å². The van der Waals surface area contributed by atoms with Crippen molar-refractivity contribution in [3.63, 3.8) is 0 Å². The molecule has 2 aromatic rings. The van der Waals surface area contributed by atoms with Crippen LogP contribution in [-0.2, 0) is 24.2 Å². The predicted molar refractivity (Wildman–Crippen MR) is 102 cm³/mol. The summed E-state index contributed by atoms with van der Waals surface area (Å²) >= 11 is 0. The zero-order valence-corrected chi connectivity index (χ0v) is 15.4. The van der Waals surface area contributed by atoms with E-state index in [1.54, 1.807) is 0 Å². The zero-order chi connectivity index (χ0) is 17.9. The standard InChI is InChI=1S/C21H26N4O/c1-15-22-18-11-6-5-10-17(18)20(23-15)24-19-12-7-13-25(21(19)26)14-16-8-3-2-4-9-16/h2-4,8-9,19H,5-7,10-14H2,1H3,(H,22,23,24). The minimum Gasteiger partial charge on any atom is -0.358 e. The summed E-state index contributed by atoms with van der Waals surface area (Å²) in [5.74, 6) is 1.85. The molecule has 136 valence electrons. The number of rotatable bonds is 4. The van der Waals surface area contributed by atoms with Crippen molar-refractivity contribution in [1.82, 2.24) is 14.9 Å². The van der Waals surface area contributed by atoms with Gasteiger partial charge in [-0.2, -0.15) is 0 Å². The average Bonchev–Trinajstić information content (AvgIpc) is 2.66. The molecule has 1 amide bonds. The fourth-order valence-corrected chi connectivity index (χ4v) is 4.04. The van der Waals surface area contributed by atoms with Crippen LogP contribution in [0.3, 0.4) is 0 Å². The first-order chi connectivity index (χ1) is 12.7. The van der Waals surface area contributed by atoms with Crippen LogP contribution < -0.4 is 5.32 Å². The number of aryl methyl sites for hydroxylation is 2. The van der Waals surface area contributed by atoms with Crippen molar-refractivity contribution in [3.05, 3.63) is 53.0 Å². The third-order valence-corrected chi connectivity index (χ3v) is 5.35. The van der Waals surface area contributed by atoms with Crippen LogP contribution in [0.2, 0.25) is 0 Å². The summed E-state index contributed by atoms with van der Waals surface area (Å²) in [6.45, 7) is 3.44. The van der Waals surface area contributed by atoms with E-state index in [1.807, 2.05) is 30.0 Å². The minimum atomic E-state index is -0.187. The quantitative estimate of drug-likeness (QED) is 0.919. The molecule has 2 heterocycles. The molecule has 1 aromatic heterocycles. The van der Waals surface area contributed by atoms with Gasteiger partial charge >= 0.3 is 0 Å². The Bertz CT molecular complexity index is 790. The van der Waals surface area contributed by atoms with E-state index < -0.39 is 0 Å². The first kappa shape index (κ1) is 17.0. The van der Waals surface area contributed by atoms with Gasteiger partial charge in [-0.05, 0) is 51.0 Å². The molecule has 0 saturated carbocycles. The van der Waals surface area contributed by atoms with E-state index in [4.69, 9.17) is 0 Å². The normalized spacial score (nSPS) is 20.0. The van der Waals surface area contributed by atoms with Gasteiger partial charge in [-0.25, -0.2) is 9.97 Å². The van der Waals surface area contributed by atoms with E-state index in [0.717, 1.165) is 49.6 Å². The van der Waals surface area contributed by atoms with Crippen molar-refractivity contribution in [1.29, 1.82) is 0 Å². The summed E-state index contributed by atoms with van der Waals surface area (Å²) in [6.07, 6.45) is 6.27. The zero-order valence-electron chi connectivity index (χ0n) is 15.4. The minimum absolute atomic E-state index is 0.181. The second kappa shape index (κ2) is 7.44. The number of hydrogen-bond acceptors (Lipinski definition) is 4. The Hall–Kier alpha value is -2.43. The summed E-state index contributed by atoms with van der Waals surface area (Å²) in [4.78, 5) is 24.2. The Kier molecular flexibility index (Phi) is 4.87. The summed E-state index contributed by atoms with van der Waals surface area (Å²) in [7, 11) is 0. The van der Waals surface area contributed by atoms with E-state index in [-0.39, 0.29) is 11.9 Å². The number of carbonyl (C=O) groups excluding carboxylic acids is 1. The summed E-state index contributed by atoms with van der Waals surface area (Å²) < 4.78 is 0. The summed E-state index contributed by atoms with van der Waals surface area (Å²) in [5, 5.41) is 3.47. The topological polar surface area (TPSA) is 58.1 Å². The van der Waals surface area contributed by atoms with Crippen molar-refractivity contribution >= 4 is 11.7 Å². The molecule has 1 fully saturated rings. The maximum absolute atomic E-state index is 13.0. The first-order valence-electron chi connectivity index (χ1n) is 9.66. The number of likely N-dealkylation sites (tertiary alicyclic amines) is 1. The summed E-state index contributed by atoms with van der Waals surface area (Å²) in [6, 6.07) is 10.0. The molecule has 0 bridgehead atoms. The van der Waals surface area contributed by atoms with E-state index in [9.17, 15) is 4.79 Å². The van der Waals surface area contributed by atoms with Crippen LogP contribution in [0.1, 0.15) is 48.3 Å². The third kappa shape index (κ3) is 3.57. The lowest BCUT2D eigenvalue weighted by Gasteiger charge is -2.33. The number of nitrogens with one attached hydrogen (secondary N) is 1. The molecule has 1 aromatic carbocycles. The molecule has 1 N–H and O–H groups in total. The number of carbonyl (C=O) groups is 1. The van der Waals surface area contributed by atoms with E-state index in [2.05, 4.69) is 27.4 Å². The molecule has 1 aliphatic heterocycles. The number of amides is 1. The van der Waals surface area contributed by atoms with Gasteiger partial charge in [0.1, 0.15) is 17.7 Å². The van der Waals surface area contributed by atoms with Crippen molar-refractivity contribution in [2.45, 2.75) is 58.0 Å². The second-order valence-corrected chi connectivity index (χ2v) is 7.34. The van der Waals surface area contributed by atoms with Gasteiger partial charge in [0, 0.05) is 24.3 Å². The number of nitrogens with zero attached hydrogens (tertiary/aromatic N) is 3. The van der Waals surface area contributed by atoms with Crippen molar-refractivity contribution < 1.29 is 4.79 Å². The number of anilines is 1. The van der Waals surface area contributed by atoms with E-state index in [0.29, 0.717) is 6.54 Å². The Labute approximate surface area is 154 Å². The fourth-order valence-electron chi connectivity index (χ4n) is 4.04. The summed E-state index contributed by atoms with van der Waals surface area (Å²) in [5.41, 5.74) is 3.56. The van der Waals surface area contributed by atoms with Crippen LogP contribution in [0.5, 0.6) is 0 Å². The third-order valence-electron chi connectivity index (χ3n) is 5.35. The van der Waals surface area contributed by atoms with Crippen LogP contribution in [0.4, 0.5) is 5.82 Å². The van der Waals surface area contributed by atoms with Gasteiger partial charge in [-0.3, -0.25) is 4.79 Å². The Balaban J connectivity index is 1.51. The van der Waals surface area contributed by atoms with Crippen LogP contribution in [0.25, 0.3) is 0 Å². The molecule has 26 heavy (non-hydrogen) atoms. The largest absolute Gasteiger partial charge is 0.358 e. The Morgan fingerprint density at radius 3 is 2.77 bits per heavy atom. The highest BCUT2D eigenvalue weighted by Crippen LogP contribution is 2.27. The van der Waals surface area contributed by atoms with Gasteiger partial charge in [-0.15, -0.1) is 0 Å². The van der Waals surface area contributed by atoms with Gasteiger partial charge in [0.2, 0.25) is 5.91 Å². The number of hydrogen-bond donors (Lipinski definition) is 1. The first-order valence-corrected chi connectivity index (χ1v) is 9.66. The Morgan fingerprint density at radius 1 is 1.12 bits per heavy atom. The molecule has 1 atom stereocenters. The number of aromatic nitrogens is 2. The molecule has 1 unspecified atom stereocenters. The highest BCUT2D eigenvalue weighted by atomic mass is 16.2. The van der Waals surface area contributed by atoms with Gasteiger partial charge in [0.05, 0.1) is 0 Å². The van der Waals surface area contributed by atoms with E-state index >= 15 is 0 Å². The van der Waals surface area contributed by atoms with Crippen LogP contribution in [0, 0.1) is 6.92 Å².